The summed E-state index contributed by atoms with van der Waals surface area (Å²) in [7, 11) is 0. The van der Waals surface area contributed by atoms with Gasteiger partial charge in [-0.1, -0.05) is 24.3 Å². The molecule has 3 aromatic rings. The van der Waals surface area contributed by atoms with Gasteiger partial charge in [0.05, 0.1) is 11.0 Å². The fraction of sp³-hybridized carbons (Fsp3) is 0.316. The highest BCUT2D eigenvalue weighted by Gasteiger charge is 2.20. The van der Waals surface area contributed by atoms with Crippen LogP contribution in [0, 0.1) is 6.92 Å². The summed E-state index contributed by atoms with van der Waals surface area (Å²) in [5, 5.41) is 0. The smallest absolute Gasteiger partial charge is 0.211 e. The molecule has 0 unspecified atom stereocenters. The third-order valence-electron chi connectivity index (χ3n) is 4.45. The molecule has 1 aliphatic heterocycles. The lowest BCUT2D eigenvalue weighted by molar-refractivity contribution is 0.567. The van der Waals surface area contributed by atoms with Crippen LogP contribution in [0.3, 0.4) is 0 Å². The predicted octanol–water partition coefficient (Wildman–Crippen LogP) is 4.32. The van der Waals surface area contributed by atoms with Crippen molar-refractivity contribution in [1.82, 2.24) is 9.55 Å². The van der Waals surface area contributed by atoms with E-state index in [9.17, 15) is 0 Å². The highest BCUT2D eigenvalue weighted by atomic mass is 15.3. The highest BCUT2D eigenvalue weighted by Crippen LogP contribution is 2.29. The number of aryl methyl sites for hydroxylation is 1. The second kappa shape index (κ2) is 5.48. The van der Waals surface area contributed by atoms with E-state index in [0.717, 1.165) is 24.6 Å². The quantitative estimate of drug-likeness (QED) is 0.701. The summed E-state index contributed by atoms with van der Waals surface area (Å²) in [6.45, 7) is 4.35. The predicted molar refractivity (Wildman–Crippen MR) is 91.9 cm³/mol. The van der Waals surface area contributed by atoms with Crippen LogP contribution >= 0.6 is 0 Å². The molecule has 2 heterocycles. The molecular weight excluding hydrogens is 270 g/mol. The molecule has 3 heteroatoms. The molecule has 1 saturated heterocycles. The van der Waals surface area contributed by atoms with Gasteiger partial charge in [0, 0.05) is 18.8 Å². The zero-order chi connectivity index (χ0) is 14.9. The molecule has 2 aromatic carbocycles. The third kappa shape index (κ3) is 2.27. The summed E-state index contributed by atoms with van der Waals surface area (Å²) in [5.41, 5.74) is 4.74. The van der Waals surface area contributed by atoms with Gasteiger partial charge in [-0.15, -0.1) is 0 Å². The number of aromatic nitrogens is 2. The first-order chi connectivity index (χ1) is 10.8. The molecule has 0 atom stereocenters. The molecule has 0 amide bonds. The van der Waals surface area contributed by atoms with Crippen LogP contribution in [0.2, 0.25) is 0 Å². The van der Waals surface area contributed by atoms with Gasteiger partial charge in [-0.2, -0.15) is 0 Å². The van der Waals surface area contributed by atoms with Gasteiger partial charge in [0.2, 0.25) is 5.95 Å². The van der Waals surface area contributed by atoms with Crippen molar-refractivity contribution in [2.24, 2.45) is 0 Å². The number of piperidine rings is 1. The Hall–Kier alpha value is -2.29. The number of anilines is 1. The molecule has 0 bridgehead atoms. The topological polar surface area (TPSA) is 21.1 Å². The molecule has 0 radical (unpaired) electrons. The largest absolute Gasteiger partial charge is 0.342 e. The lowest BCUT2D eigenvalue weighted by Crippen LogP contribution is -2.31. The van der Waals surface area contributed by atoms with Crippen molar-refractivity contribution in [3.8, 4) is 5.69 Å². The number of fused-ring (bicyclic) bond motifs is 1. The van der Waals surface area contributed by atoms with Crippen molar-refractivity contribution < 1.29 is 0 Å². The fourth-order valence-corrected chi connectivity index (χ4v) is 3.31. The maximum absolute atomic E-state index is 4.94. The molecule has 0 spiro atoms. The van der Waals surface area contributed by atoms with Crippen molar-refractivity contribution in [3.05, 3.63) is 54.1 Å². The Balaban J connectivity index is 1.95. The fourth-order valence-electron chi connectivity index (χ4n) is 3.31. The average molecular weight is 291 g/mol. The van der Waals surface area contributed by atoms with Gasteiger partial charge in [0.1, 0.15) is 0 Å². The Morgan fingerprint density at radius 1 is 0.909 bits per heavy atom. The number of nitrogens with zero attached hydrogens (tertiary/aromatic N) is 3. The third-order valence-corrected chi connectivity index (χ3v) is 4.45. The lowest BCUT2D eigenvalue weighted by Gasteiger charge is -2.28. The van der Waals surface area contributed by atoms with E-state index in [1.807, 2.05) is 0 Å². The number of rotatable bonds is 2. The molecule has 3 nitrogen and oxygen atoms in total. The van der Waals surface area contributed by atoms with E-state index in [1.165, 1.54) is 36.0 Å². The number of hydrogen-bond donors (Lipinski definition) is 0. The minimum Gasteiger partial charge on any atom is -0.342 e. The van der Waals surface area contributed by atoms with Crippen LogP contribution in [0.1, 0.15) is 24.8 Å². The highest BCUT2D eigenvalue weighted by molar-refractivity contribution is 5.82. The summed E-state index contributed by atoms with van der Waals surface area (Å²) < 4.78 is 2.31. The van der Waals surface area contributed by atoms with Gasteiger partial charge >= 0.3 is 0 Å². The van der Waals surface area contributed by atoms with Crippen LogP contribution in [-0.4, -0.2) is 22.6 Å². The number of hydrogen-bond acceptors (Lipinski definition) is 2. The van der Waals surface area contributed by atoms with Crippen LogP contribution in [0.15, 0.2) is 48.5 Å². The van der Waals surface area contributed by atoms with E-state index in [1.54, 1.807) is 0 Å². The zero-order valence-electron chi connectivity index (χ0n) is 13.0. The summed E-state index contributed by atoms with van der Waals surface area (Å²) in [5.74, 6) is 1.09. The van der Waals surface area contributed by atoms with Gasteiger partial charge in [-0.3, -0.25) is 4.57 Å². The van der Waals surface area contributed by atoms with E-state index in [-0.39, 0.29) is 0 Å². The number of imidazole rings is 1. The van der Waals surface area contributed by atoms with E-state index in [0.29, 0.717) is 0 Å². The summed E-state index contributed by atoms with van der Waals surface area (Å²) >= 11 is 0. The van der Waals surface area contributed by atoms with Crippen molar-refractivity contribution in [2.45, 2.75) is 26.2 Å². The molecular formula is C19H21N3. The second-order valence-electron chi connectivity index (χ2n) is 6.12. The number of para-hydroxylation sites is 1. The molecule has 112 valence electrons. The van der Waals surface area contributed by atoms with Crippen LogP contribution < -0.4 is 4.90 Å². The van der Waals surface area contributed by atoms with Crippen LogP contribution in [0.4, 0.5) is 5.95 Å². The first-order valence-electron chi connectivity index (χ1n) is 8.12. The molecule has 0 saturated carbocycles. The normalized spacial score (nSPS) is 15.4. The van der Waals surface area contributed by atoms with Crippen molar-refractivity contribution in [1.29, 1.82) is 0 Å². The monoisotopic (exact) mass is 291 g/mol. The minimum atomic E-state index is 1.08. The summed E-state index contributed by atoms with van der Waals surface area (Å²) in [6, 6.07) is 17.1. The lowest BCUT2D eigenvalue weighted by atomic mass is 10.1. The second-order valence-corrected chi connectivity index (χ2v) is 6.12. The van der Waals surface area contributed by atoms with E-state index in [4.69, 9.17) is 4.98 Å². The standard InChI is InChI=1S/C19H21N3/c1-15-10-11-17-18(14-15)22(16-8-4-2-5-9-16)19(20-17)21-12-6-3-7-13-21/h2,4-5,8-11,14H,3,6-7,12-13H2,1H3. The van der Waals surface area contributed by atoms with Gasteiger partial charge in [-0.25, -0.2) is 4.98 Å². The van der Waals surface area contributed by atoms with Gasteiger partial charge in [0.15, 0.2) is 0 Å². The molecule has 4 rings (SSSR count). The Kier molecular flexibility index (Phi) is 3.34. The van der Waals surface area contributed by atoms with Gasteiger partial charge in [-0.05, 0) is 56.0 Å². The first-order valence-corrected chi connectivity index (χ1v) is 8.12. The van der Waals surface area contributed by atoms with Crippen LogP contribution in [0.5, 0.6) is 0 Å². The van der Waals surface area contributed by atoms with Crippen molar-refractivity contribution in [3.63, 3.8) is 0 Å². The number of benzene rings is 2. The van der Waals surface area contributed by atoms with Gasteiger partial charge in [0.25, 0.3) is 0 Å². The SMILES string of the molecule is Cc1ccc2nc(N3CCCCC3)n(-c3ccccc3)c2c1. The molecule has 1 aliphatic rings. The van der Waals surface area contributed by atoms with Crippen molar-refractivity contribution in [2.75, 3.05) is 18.0 Å². The summed E-state index contributed by atoms with van der Waals surface area (Å²) in [6.07, 6.45) is 3.86. The van der Waals surface area contributed by atoms with Gasteiger partial charge < -0.3 is 4.90 Å². The van der Waals surface area contributed by atoms with Crippen LogP contribution in [0.25, 0.3) is 16.7 Å². The maximum Gasteiger partial charge on any atom is 0.211 e. The maximum atomic E-state index is 4.94. The molecule has 22 heavy (non-hydrogen) atoms. The van der Waals surface area contributed by atoms with Crippen LogP contribution in [-0.2, 0) is 0 Å². The Labute approximate surface area is 131 Å². The Morgan fingerprint density at radius 2 is 1.68 bits per heavy atom. The average Bonchev–Trinajstić information content (AvgIpc) is 2.95. The zero-order valence-corrected chi connectivity index (χ0v) is 13.0. The molecule has 0 aliphatic carbocycles. The van der Waals surface area contributed by atoms with E-state index < -0.39 is 0 Å². The van der Waals surface area contributed by atoms with E-state index in [2.05, 4.69) is 64.9 Å². The van der Waals surface area contributed by atoms with E-state index >= 15 is 0 Å². The Morgan fingerprint density at radius 3 is 2.45 bits per heavy atom. The molecule has 0 N–H and O–H groups in total. The Bertz CT molecular complexity index is 783. The summed E-state index contributed by atoms with van der Waals surface area (Å²) in [4.78, 5) is 7.38. The molecule has 1 fully saturated rings. The van der Waals surface area contributed by atoms with Crippen molar-refractivity contribution >= 4 is 17.0 Å². The first kappa shape index (κ1) is 13.4. The molecule has 1 aromatic heterocycles. The minimum absolute atomic E-state index is 1.08.